The molecule has 2 rings (SSSR count). The Hall–Kier alpha value is -0.120. The maximum absolute atomic E-state index is 6.28. The van der Waals surface area contributed by atoms with Crippen molar-refractivity contribution in [2.45, 2.75) is 65.0 Å². The van der Waals surface area contributed by atoms with Crippen LogP contribution in [0, 0.1) is 17.3 Å². The predicted molar refractivity (Wildman–Crippen MR) is 91.4 cm³/mol. The molecule has 1 aliphatic carbocycles. The van der Waals surface area contributed by atoms with Gasteiger partial charge in [0.1, 0.15) is 0 Å². The van der Waals surface area contributed by atoms with Gasteiger partial charge in [0.2, 0.25) is 0 Å². The van der Waals surface area contributed by atoms with Gasteiger partial charge in [-0.15, -0.1) is 0 Å². The maximum Gasteiger partial charge on any atom is 0.0332 e. The largest absolute Gasteiger partial charge is 0.329 e. The minimum absolute atomic E-state index is 0.279. The zero-order valence-electron chi connectivity index (χ0n) is 15.2. The predicted octanol–water partition coefficient (Wildman–Crippen LogP) is 2.80. The first-order valence-corrected chi connectivity index (χ1v) is 8.81. The van der Waals surface area contributed by atoms with Crippen LogP contribution in [0.2, 0.25) is 0 Å². The van der Waals surface area contributed by atoms with Crippen molar-refractivity contribution in [1.29, 1.82) is 0 Å². The Morgan fingerprint density at radius 3 is 2.10 bits per heavy atom. The van der Waals surface area contributed by atoms with Crippen LogP contribution in [0.25, 0.3) is 0 Å². The molecule has 0 aromatic carbocycles. The highest BCUT2D eigenvalue weighted by Gasteiger charge is 2.46. The Morgan fingerprint density at radius 2 is 1.71 bits per heavy atom. The number of likely N-dealkylation sites (tertiary alicyclic amines) is 1. The van der Waals surface area contributed by atoms with Crippen LogP contribution in [0.1, 0.15) is 53.4 Å². The van der Waals surface area contributed by atoms with E-state index >= 15 is 0 Å². The topological polar surface area (TPSA) is 32.5 Å². The van der Waals surface area contributed by atoms with Gasteiger partial charge in [0.05, 0.1) is 0 Å². The van der Waals surface area contributed by atoms with Gasteiger partial charge in [-0.3, -0.25) is 4.90 Å². The molecule has 0 aromatic rings. The van der Waals surface area contributed by atoms with Crippen molar-refractivity contribution >= 4 is 0 Å². The molecular formula is C18H37N3. The van der Waals surface area contributed by atoms with Crippen LogP contribution in [0.5, 0.6) is 0 Å². The van der Waals surface area contributed by atoms with Crippen molar-refractivity contribution in [3.05, 3.63) is 0 Å². The average molecular weight is 296 g/mol. The molecule has 0 spiro atoms. The van der Waals surface area contributed by atoms with Crippen LogP contribution in [0.3, 0.4) is 0 Å². The molecule has 1 heterocycles. The van der Waals surface area contributed by atoms with Crippen molar-refractivity contribution < 1.29 is 0 Å². The summed E-state index contributed by atoms with van der Waals surface area (Å²) < 4.78 is 0. The van der Waals surface area contributed by atoms with E-state index in [-0.39, 0.29) is 5.54 Å². The molecule has 2 fully saturated rings. The fourth-order valence-electron chi connectivity index (χ4n) is 4.68. The molecule has 1 aliphatic heterocycles. The lowest BCUT2D eigenvalue weighted by Crippen LogP contribution is -2.56. The third-order valence-corrected chi connectivity index (χ3v) is 6.43. The highest BCUT2D eigenvalue weighted by atomic mass is 15.3. The molecule has 124 valence electrons. The van der Waals surface area contributed by atoms with Crippen LogP contribution in [-0.2, 0) is 0 Å². The summed E-state index contributed by atoms with van der Waals surface area (Å²) in [5, 5.41) is 0. The summed E-state index contributed by atoms with van der Waals surface area (Å²) in [6, 6.07) is 0.689. The number of hydrogen-bond donors (Lipinski definition) is 1. The van der Waals surface area contributed by atoms with E-state index < -0.39 is 0 Å². The third-order valence-electron chi connectivity index (χ3n) is 6.43. The summed E-state index contributed by atoms with van der Waals surface area (Å²) in [6.45, 7) is 12.8. The number of likely N-dealkylation sites (N-methyl/N-ethyl adjacent to an activating group) is 1. The molecule has 1 saturated heterocycles. The van der Waals surface area contributed by atoms with Gasteiger partial charge in [-0.25, -0.2) is 0 Å². The van der Waals surface area contributed by atoms with E-state index in [4.69, 9.17) is 5.73 Å². The second-order valence-electron chi connectivity index (χ2n) is 8.98. The number of rotatable bonds is 3. The van der Waals surface area contributed by atoms with Crippen molar-refractivity contribution in [3.8, 4) is 0 Å². The van der Waals surface area contributed by atoms with Gasteiger partial charge in [-0.05, 0) is 57.0 Å². The first kappa shape index (κ1) is 17.2. The van der Waals surface area contributed by atoms with E-state index in [2.05, 4.69) is 51.6 Å². The normalized spacial score (nSPS) is 39.1. The van der Waals surface area contributed by atoms with Crippen molar-refractivity contribution in [1.82, 2.24) is 9.80 Å². The van der Waals surface area contributed by atoms with Crippen LogP contribution in [0.15, 0.2) is 0 Å². The highest BCUT2D eigenvalue weighted by molar-refractivity contribution is 5.02. The van der Waals surface area contributed by atoms with Crippen molar-refractivity contribution in [2.75, 3.05) is 33.7 Å². The molecule has 0 radical (unpaired) electrons. The van der Waals surface area contributed by atoms with Gasteiger partial charge in [0, 0.05) is 31.2 Å². The minimum Gasteiger partial charge on any atom is -0.329 e. The summed E-state index contributed by atoms with van der Waals surface area (Å²) in [5.74, 6) is 1.62. The quantitative estimate of drug-likeness (QED) is 0.869. The van der Waals surface area contributed by atoms with Crippen LogP contribution in [-0.4, -0.2) is 55.1 Å². The van der Waals surface area contributed by atoms with E-state index in [1.807, 2.05) is 0 Å². The van der Waals surface area contributed by atoms with E-state index in [9.17, 15) is 0 Å². The summed E-state index contributed by atoms with van der Waals surface area (Å²) in [6.07, 6.45) is 5.27. The molecule has 0 aromatic heterocycles. The zero-order valence-corrected chi connectivity index (χ0v) is 15.2. The maximum atomic E-state index is 6.28. The molecule has 21 heavy (non-hydrogen) atoms. The molecule has 0 amide bonds. The Labute approximate surface area is 132 Å². The van der Waals surface area contributed by atoms with Crippen LogP contribution < -0.4 is 5.73 Å². The summed E-state index contributed by atoms with van der Waals surface area (Å²) in [5.41, 5.74) is 7.01. The Bertz CT molecular complexity index is 337. The van der Waals surface area contributed by atoms with E-state index in [0.717, 1.165) is 18.4 Å². The van der Waals surface area contributed by atoms with Crippen LogP contribution in [0.4, 0.5) is 0 Å². The smallest absolute Gasteiger partial charge is 0.0332 e. The average Bonchev–Trinajstić information content (AvgIpc) is 2.80. The third kappa shape index (κ3) is 3.46. The Balaban J connectivity index is 2.04. The molecule has 1 saturated carbocycles. The Morgan fingerprint density at radius 1 is 1.14 bits per heavy atom. The fraction of sp³-hybridized carbons (Fsp3) is 1.00. The van der Waals surface area contributed by atoms with Gasteiger partial charge in [-0.1, -0.05) is 27.7 Å². The lowest BCUT2D eigenvalue weighted by atomic mass is 9.67. The number of nitrogens with zero attached hydrogens (tertiary/aromatic N) is 2. The van der Waals surface area contributed by atoms with E-state index in [1.165, 1.54) is 38.8 Å². The standard InChI is InChI=1S/C18H37N3/c1-14-11-21(12-16(14)20(5)6)18(13-19)9-7-15(8-10-18)17(2,3)4/h14-16H,7-13,19H2,1-6H3. The van der Waals surface area contributed by atoms with E-state index in [1.54, 1.807) is 0 Å². The number of nitrogens with two attached hydrogens (primary N) is 1. The molecule has 3 heteroatoms. The van der Waals surface area contributed by atoms with E-state index in [0.29, 0.717) is 11.5 Å². The van der Waals surface area contributed by atoms with Crippen LogP contribution >= 0.6 is 0 Å². The van der Waals surface area contributed by atoms with Crippen molar-refractivity contribution in [2.24, 2.45) is 23.0 Å². The van der Waals surface area contributed by atoms with Gasteiger partial charge in [-0.2, -0.15) is 0 Å². The molecule has 2 unspecified atom stereocenters. The first-order valence-electron chi connectivity index (χ1n) is 8.81. The summed E-state index contributed by atoms with van der Waals surface area (Å²) >= 11 is 0. The second kappa shape index (κ2) is 6.17. The fourth-order valence-corrected chi connectivity index (χ4v) is 4.68. The lowest BCUT2D eigenvalue weighted by Gasteiger charge is -2.48. The van der Waals surface area contributed by atoms with Gasteiger partial charge in [0.25, 0.3) is 0 Å². The van der Waals surface area contributed by atoms with Gasteiger partial charge in [0.15, 0.2) is 0 Å². The monoisotopic (exact) mass is 295 g/mol. The minimum atomic E-state index is 0.279. The zero-order chi connectivity index (χ0) is 15.8. The number of hydrogen-bond acceptors (Lipinski definition) is 3. The highest BCUT2D eigenvalue weighted by Crippen LogP contribution is 2.44. The summed E-state index contributed by atoms with van der Waals surface area (Å²) in [7, 11) is 4.44. The molecule has 3 nitrogen and oxygen atoms in total. The SMILES string of the molecule is CC1CN(C2(CN)CCC(C(C)(C)C)CC2)CC1N(C)C. The lowest BCUT2D eigenvalue weighted by molar-refractivity contribution is 0.0321. The molecule has 0 bridgehead atoms. The first-order chi connectivity index (χ1) is 9.69. The Kier molecular flexibility index (Phi) is 5.07. The molecule has 2 aliphatic rings. The van der Waals surface area contributed by atoms with Gasteiger partial charge >= 0.3 is 0 Å². The van der Waals surface area contributed by atoms with Crippen molar-refractivity contribution in [3.63, 3.8) is 0 Å². The summed E-state index contributed by atoms with van der Waals surface area (Å²) in [4.78, 5) is 5.14. The molecule has 2 N–H and O–H groups in total. The molecular weight excluding hydrogens is 258 g/mol. The molecule has 2 atom stereocenters. The van der Waals surface area contributed by atoms with Gasteiger partial charge < -0.3 is 10.6 Å². The second-order valence-corrected chi connectivity index (χ2v) is 8.98.